The van der Waals surface area contributed by atoms with Crippen molar-refractivity contribution in [3.63, 3.8) is 0 Å². The molecule has 4 nitrogen and oxygen atoms in total. The third-order valence-electron chi connectivity index (χ3n) is 2.99. The van der Waals surface area contributed by atoms with Crippen LogP contribution >= 0.6 is 0 Å². The second-order valence-electron chi connectivity index (χ2n) is 4.67. The molecule has 0 heterocycles. The predicted octanol–water partition coefficient (Wildman–Crippen LogP) is 1.47. The third-order valence-corrected chi connectivity index (χ3v) is 2.99. The van der Waals surface area contributed by atoms with Gasteiger partial charge in [0.15, 0.2) is 0 Å². The van der Waals surface area contributed by atoms with Crippen LogP contribution in [0.3, 0.4) is 0 Å². The normalized spacial score (nSPS) is 14.4. The highest BCUT2D eigenvalue weighted by atomic mass is 16.5. The van der Waals surface area contributed by atoms with Crippen molar-refractivity contribution in [2.24, 2.45) is 11.7 Å². The highest BCUT2D eigenvalue weighted by Gasteiger charge is 2.20. The Balaban J connectivity index is 2.68. The summed E-state index contributed by atoms with van der Waals surface area (Å²) in [5.41, 5.74) is 6.31. The van der Waals surface area contributed by atoms with Gasteiger partial charge in [-0.05, 0) is 11.5 Å². The second-order valence-corrected chi connectivity index (χ2v) is 4.67. The zero-order valence-corrected chi connectivity index (χ0v) is 11.2. The molecule has 0 fully saturated rings. The van der Waals surface area contributed by atoms with Crippen LogP contribution in [0.15, 0.2) is 30.3 Å². The Hall–Kier alpha value is -1.39. The quantitative estimate of drug-likeness (QED) is 0.770. The van der Waals surface area contributed by atoms with Crippen molar-refractivity contribution in [3.8, 4) is 0 Å². The molecule has 100 valence electrons. The van der Waals surface area contributed by atoms with Crippen LogP contribution in [0.4, 0.5) is 0 Å². The van der Waals surface area contributed by atoms with E-state index in [9.17, 15) is 4.79 Å². The van der Waals surface area contributed by atoms with Crippen LogP contribution in [0.1, 0.15) is 25.5 Å². The molecule has 0 saturated carbocycles. The van der Waals surface area contributed by atoms with Crippen LogP contribution in [-0.4, -0.2) is 25.7 Å². The molecule has 1 aromatic rings. The fraction of sp³-hybridized carbons (Fsp3) is 0.500. The van der Waals surface area contributed by atoms with Crippen LogP contribution in [0, 0.1) is 5.92 Å². The van der Waals surface area contributed by atoms with Crippen molar-refractivity contribution < 1.29 is 9.53 Å². The van der Waals surface area contributed by atoms with Gasteiger partial charge in [-0.15, -0.1) is 0 Å². The minimum atomic E-state index is -0.470. The first kappa shape index (κ1) is 14.7. The van der Waals surface area contributed by atoms with Gasteiger partial charge in [0.05, 0.1) is 6.10 Å². The summed E-state index contributed by atoms with van der Waals surface area (Å²) >= 11 is 0. The molecule has 3 N–H and O–H groups in total. The van der Waals surface area contributed by atoms with Gasteiger partial charge >= 0.3 is 0 Å². The summed E-state index contributed by atoms with van der Waals surface area (Å²) in [6.07, 6.45) is 0.0653. The van der Waals surface area contributed by atoms with Crippen molar-refractivity contribution >= 4 is 5.91 Å². The van der Waals surface area contributed by atoms with Gasteiger partial charge in [-0.2, -0.15) is 0 Å². The Morgan fingerprint density at radius 2 is 1.94 bits per heavy atom. The number of nitrogens with two attached hydrogens (primary N) is 1. The highest BCUT2D eigenvalue weighted by molar-refractivity contribution is 5.81. The molecule has 1 aromatic carbocycles. The van der Waals surface area contributed by atoms with Crippen molar-refractivity contribution in [1.82, 2.24) is 5.32 Å². The molecule has 0 bridgehead atoms. The van der Waals surface area contributed by atoms with Gasteiger partial charge in [-0.1, -0.05) is 44.2 Å². The lowest BCUT2D eigenvalue weighted by Crippen LogP contribution is -2.40. The Kier molecular flexibility index (Phi) is 5.82. The van der Waals surface area contributed by atoms with Crippen LogP contribution < -0.4 is 11.1 Å². The summed E-state index contributed by atoms with van der Waals surface area (Å²) in [5.74, 6) is 0.00612. The first-order valence-electron chi connectivity index (χ1n) is 6.16. The van der Waals surface area contributed by atoms with E-state index in [0.29, 0.717) is 12.5 Å². The molecule has 0 aliphatic carbocycles. The van der Waals surface area contributed by atoms with Gasteiger partial charge < -0.3 is 10.5 Å². The summed E-state index contributed by atoms with van der Waals surface area (Å²) < 4.78 is 5.36. The van der Waals surface area contributed by atoms with Gasteiger partial charge in [0.1, 0.15) is 6.04 Å². The molecular weight excluding hydrogens is 228 g/mol. The molecule has 2 atom stereocenters. The lowest BCUT2D eigenvalue weighted by atomic mass is 10.0. The third kappa shape index (κ3) is 4.13. The van der Waals surface area contributed by atoms with E-state index in [1.165, 1.54) is 0 Å². The number of methoxy groups -OCH3 is 1. The van der Waals surface area contributed by atoms with Crippen molar-refractivity contribution in [1.29, 1.82) is 0 Å². The number of hydrogen-bond acceptors (Lipinski definition) is 3. The van der Waals surface area contributed by atoms with Crippen molar-refractivity contribution in [3.05, 3.63) is 35.9 Å². The van der Waals surface area contributed by atoms with E-state index in [0.717, 1.165) is 5.56 Å². The maximum atomic E-state index is 11.5. The predicted molar refractivity (Wildman–Crippen MR) is 72.0 cm³/mol. The average Bonchev–Trinajstić information content (AvgIpc) is 2.35. The maximum Gasteiger partial charge on any atom is 0.239 e. The second kappa shape index (κ2) is 7.13. The smallest absolute Gasteiger partial charge is 0.239 e. The van der Waals surface area contributed by atoms with Crippen molar-refractivity contribution in [2.45, 2.75) is 26.0 Å². The standard InChI is InChI=1S/C14H22N2O2/c1-10(2)12(18-3)9-16-13(14(15)17)11-7-5-4-6-8-11/h4-8,10,12-13,16H,9H2,1-3H3,(H2,15,17)/t12-,13-/m0/s1. The minimum absolute atomic E-state index is 0.0653. The summed E-state index contributed by atoms with van der Waals surface area (Å²) in [5, 5.41) is 3.17. The lowest BCUT2D eigenvalue weighted by molar-refractivity contribution is -0.120. The molecule has 0 saturated heterocycles. The number of hydrogen-bond donors (Lipinski definition) is 2. The summed E-state index contributed by atoms with van der Waals surface area (Å²) in [6, 6.07) is 9.00. The van der Waals surface area contributed by atoms with Gasteiger partial charge in [0.2, 0.25) is 5.91 Å². The van der Waals surface area contributed by atoms with Crippen molar-refractivity contribution in [2.75, 3.05) is 13.7 Å². The largest absolute Gasteiger partial charge is 0.380 e. The van der Waals surface area contributed by atoms with E-state index in [2.05, 4.69) is 19.2 Å². The first-order valence-corrected chi connectivity index (χ1v) is 6.16. The number of carbonyl (C=O) groups is 1. The van der Waals surface area contributed by atoms with Crippen LogP contribution in [0.2, 0.25) is 0 Å². The van der Waals surface area contributed by atoms with E-state index in [1.54, 1.807) is 7.11 Å². The van der Waals surface area contributed by atoms with Crippen LogP contribution in [0.5, 0.6) is 0 Å². The molecule has 0 aliphatic heterocycles. The maximum absolute atomic E-state index is 11.5. The Morgan fingerprint density at radius 3 is 2.39 bits per heavy atom. The fourth-order valence-corrected chi connectivity index (χ4v) is 1.85. The Morgan fingerprint density at radius 1 is 1.33 bits per heavy atom. The van der Waals surface area contributed by atoms with E-state index >= 15 is 0 Å². The zero-order valence-electron chi connectivity index (χ0n) is 11.2. The SMILES string of the molecule is CO[C@@H](CN[C@H](C(N)=O)c1ccccc1)C(C)C. The lowest BCUT2D eigenvalue weighted by Gasteiger charge is -2.23. The molecule has 1 amide bonds. The van der Waals surface area contributed by atoms with Gasteiger partial charge in [-0.25, -0.2) is 0 Å². The topological polar surface area (TPSA) is 64.3 Å². The molecule has 0 aromatic heterocycles. The molecule has 0 unspecified atom stereocenters. The minimum Gasteiger partial charge on any atom is -0.380 e. The molecule has 4 heteroatoms. The highest BCUT2D eigenvalue weighted by Crippen LogP contribution is 2.13. The summed E-state index contributed by atoms with van der Waals surface area (Å²) in [7, 11) is 1.67. The van der Waals surface area contributed by atoms with E-state index in [4.69, 9.17) is 10.5 Å². The molecule has 0 aliphatic rings. The van der Waals surface area contributed by atoms with Crippen LogP contribution in [-0.2, 0) is 9.53 Å². The first-order chi connectivity index (χ1) is 8.56. The molecule has 0 spiro atoms. The number of benzene rings is 1. The Bertz CT molecular complexity index is 365. The van der Waals surface area contributed by atoms with E-state index in [1.807, 2.05) is 30.3 Å². The van der Waals surface area contributed by atoms with Gasteiger partial charge in [0, 0.05) is 13.7 Å². The average molecular weight is 250 g/mol. The van der Waals surface area contributed by atoms with E-state index in [-0.39, 0.29) is 12.0 Å². The number of nitrogens with one attached hydrogen (secondary N) is 1. The van der Waals surface area contributed by atoms with Gasteiger partial charge in [-0.3, -0.25) is 10.1 Å². The summed E-state index contributed by atoms with van der Waals surface area (Å²) in [4.78, 5) is 11.5. The molecule has 0 radical (unpaired) electrons. The van der Waals surface area contributed by atoms with E-state index < -0.39 is 6.04 Å². The molecule has 18 heavy (non-hydrogen) atoms. The van der Waals surface area contributed by atoms with Gasteiger partial charge in [0.25, 0.3) is 0 Å². The van der Waals surface area contributed by atoms with Crippen LogP contribution in [0.25, 0.3) is 0 Å². The fourth-order valence-electron chi connectivity index (χ4n) is 1.85. The Labute approximate surface area is 109 Å². The monoisotopic (exact) mass is 250 g/mol. The number of amides is 1. The number of carbonyl (C=O) groups excluding carboxylic acids is 1. The zero-order chi connectivity index (χ0) is 13.5. The molecular formula is C14H22N2O2. The number of rotatable bonds is 7. The summed E-state index contributed by atoms with van der Waals surface area (Å²) in [6.45, 7) is 4.76. The number of primary amides is 1. The number of ether oxygens (including phenoxy) is 1. The molecule has 1 rings (SSSR count).